The van der Waals surface area contributed by atoms with Crippen LogP contribution in [0.5, 0.6) is 5.75 Å². The second kappa shape index (κ2) is 9.11. The maximum Gasteiger partial charge on any atom is 0.409 e. The monoisotopic (exact) mass is 356 g/mol. The van der Waals surface area contributed by atoms with Crippen molar-refractivity contribution in [1.29, 1.82) is 0 Å². The average molecular weight is 357 g/mol. The number of carbonyl (C=O) groups excluding carboxylic acids is 1. The Bertz CT molecular complexity index is 547. The van der Waals surface area contributed by atoms with Crippen molar-refractivity contribution >= 4 is 17.7 Å². The van der Waals surface area contributed by atoms with Crippen molar-refractivity contribution in [2.75, 3.05) is 45.9 Å². The van der Waals surface area contributed by atoms with Gasteiger partial charge >= 0.3 is 6.09 Å². The Morgan fingerprint density at radius 1 is 1.33 bits per heavy atom. The maximum absolute atomic E-state index is 11.6. The van der Waals surface area contributed by atoms with Gasteiger partial charge in [0.05, 0.1) is 6.61 Å². The third kappa shape index (κ3) is 5.54. The van der Waals surface area contributed by atoms with Crippen LogP contribution in [-0.2, 0) is 4.74 Å². The van der Waals surface area contributed by atoms with E-state index in [1.807, 2.05) is 19.1 Å². The molecule has 6 nitrogen and oxygen atoms in total. The van der Waals surface area contributed by atoms with E-state index in [2.05, 4.69) is 4.90 Å². The van der Waals surface area contributed by atoms with E-state index in [1.165, 1.54) is 0 Å². The maximum atomic E-state index is 11.6. The number of aliphatic hydroxyl groups excluding tert-OH is 1. The first-order valence-electron chi connectivity index (χ1n) is 8.20. The first-order valence-corrected chi connectivity index (χ1v) is 8.58. The number of aliphatic hydroxyl groups is 1. The van der Waals surface area contributed by atoms with Gasteiger partial charge in [0.1, 0.15) is 18.5 Å². The molecule has 1 aliphatic rings. The van der Waals surface area contributed by atoms with Crippen molar-refractivity contribution in [2.45, 2.75) is 20.0 Å². The zero-order chi connectivity index (χ0) is 17.5. The Labute approximate surface area is 147 Å². The molecule has 0 bridgehead atoms. The molecule has 1 fully saturated rings. The molecule has 0 unspecified atom stereocenters. The van der Waals surface area contributed by atoms with Gasteiger partial charge in [0.25, 0.3) is 0 Å². The highest BCUT2D eigenvalue weighted by Crippen LogP contribution is 2.21. The third-order valence-corrected chi connectivity index (χ3v) is 4.17. The van der Waals surface area contributed by atoms with Crippen LogP contribution in [0.4, 0.5) is 4.79 Å². The lowest BCUT2D eigenvalue weighted by Gasteiger charge is -2.34. The van der Waals surface area contributed by atoms with E-state index in [0.717, 1.165) is 24.4 Å². The highest BCUT2D eigenvalue weighted by atomic mass is 35.5. The van der Waals surface area contributed by atoms with Gasteiger partial charge in [0.15, 0.2) is 0 Å². The summed E-state index contributed by atoms with van der Waals surface area (Å²) in [5.74, 6) is 0.727. The predicted molar refractivity (Wildman–Crippen MR) is 92.7 cm³/mol. The van der Waals surface area contributed by atoms with Gasteiger partial charge in [-0.15, -0.1) is 0 Å². The molecular formula is C17H25ClN2O4. The third-order valence-electron chi connectivity index (χ3n) is 3.94. The van der Waals surface area contributed by atoms with Crippen molar-refractivity contribution < 1.29 is 19.4 Å². The molecule has 1 aromatic rings. The minimum absolute atomic E-state index is 0.223. The quantitative estimate of drug-likeness (QED) is 0.846. The molecule has 2 rings (SSSR count). The summed E-state index contributed by atoms with van der Waals surface area (Å²) in [5.41, 5.74) is 0.942. The fourth-order valence-electron chi connectivity index (χ4n) is 2.64. The van der Waals surface area contributed by atoms with Crippen LogP contribution in [0.3, 0.4) is 0 Å². The summed E-state index contributed by atoms with van der Waals surface area (Å²) < 4.78 is 10.7. The van der Waals surface area contributed by atoms with Crippen LogP contribution in [0.15, 0.2) is 18.2 Å². The summed E-state index contributed by atoms with van der Waals surface area (Å²) in [6.45, 7) is 7.51. The molecule has 1 atom stereocenters. The molecule has 0 saturated carbocycles. The lowest BCUT2D eigenvalue weighted by Crippen LogP contribution is -2.51. The Morgan fingerprint density at radius 3 is 2.67 bits per heavy atom. The van der Waals surface area contributed by atoms with Gasteiger partial charge in [-0.05, 0) is 37.6 Å². The van der Waals surface area contributed by atoms with Gasteiger partial charge in [-0.25, -0.2) is 4.79 Å². The van der Waals surface area contributed by atoms with Crippen LogP contribution >= 0.6 is 11.6 Å². The molecule has 1 heterocycles. The largest absolute Gasteiger partial charge is 0.491 e. The van der Waals surface area contributed by atoms with Crippen molar-refractivity contribution in [3.63, 3.8) is 0 Å². The minimum Gasteiger partial charge on any atom is -0.491 e. The number of ether oxygens (including phenoxy) is 2. The number of β-amino-alcohol motifs (C(OH)–C–C–N with tert-alkyl or cyclic N) is 1. The normalized spacial score (nSPS) is 16.8. The second-order valence-electron chi connectivity index (χ2n) is 5.86. The number of benzene rings is 1. The lowest BCUT2D eigenvalue weighted by atomic mass is 10.2. The first kappa shape index (κ1) is 18.8. The van der Waals surface area contributed by atoms with Gasteiger partial charge in [0, 0.05) is 37.7 Å². The molecule has 1 N–H and O–H groups in total. The zero-order valence-electron chi connectivity index (χ0n) is 14.2. The Hall–Kier alpha value is -1.50. The SMILES string of the molecule is CCOC(=O)N1CCN(C[C@@H](O)COc2ccc(Cl)cc2C)CC1. The van der Waals surface area contributed by atoms with Gasteiger partial charge in [0.2, 0.25) is 0 Å². The Kier molecular flexibility index (Phi) is 7.15. The number of hydrogen-bond donors (Lipinski definition) is 1. The molecule has 0 spiro atoms. The number of piperazine rings is 1. The van der Waals surface area contributed by atoms with E-state index in [4.69, 9.17) is 21.1 Å². The van der Waals surface area contributed by atoms with Crippen LogP contribution in [-0.4, -0.2) is 73.0 Å². The number of aryl methyl sites for hydroxylation is 1. The predicted octanol–water partition coefficient (Wildman–Crippen LogP) is 2.16. The number of rotatable bonds is 6. The summed E-state index contributed by atoms with van der Waals surface area (Å²) >= 11 is 5.91. The van der Waals surface area contributed by atoms with Crippen LogP contribution in [0.2, 0.25) is 5.02 Å². The molecular weight excluding hydrogens is 332 g/mol. The van der Waals surface area contributed by atoms with Gasteiger partial charge in [-0.1, -0.05) is 11.6 Å². The number of halogens is 1. The summed E-state index contributed by atoms with van der Waals surface area (Å²) in [5, 5.41) is 10.8. The molecule has 1 saturated heterocycles. The second-order valence-corrected chi connectivity index (χ2v) is 6.30. The van der Waals surface area contributed by atoms with Crippen molar-refractivity contribution in [3.05, 3.63) is 28.8 Å². The number of carbonyl (C=O) groups is 1. The molecule has 0 radical (unpaired) electrons. The minimum atomic E-state index is -0.589. The van der Waals surface area contributed by atoms with E-state index in [1.54, 1.807) is 17.9 Å². The Morgan fingerprint density at radius 2 is 2.04 bits per heavy atom. The lowest BCUT2D eigenvalue weighted by molar-refractivity contribution is 0.0406. The summed E-state index contributed by atoms with van der Waals surface area (Å²) in [6, 6.07) is 5.41. The van der Waals surface area contributed by atoms with Crippen LogP contribution in [0.25, 0.3) is 0 Å². The molecule has 0 aliphatic carbocycles. The number of amides is 1. The van der Waals surface area contributed by atoms with Gasteiger partial charge < -0.3 is 19.5 Å². The fourth-order valence-corrected chi connectivity index (χ4v) is 2.87. The van der Waals surface area contributed by atoms with Crippen molar-refractivity contribution in [1.82, 2.24) is 9.80 Å². The first-order chi connectivity index (χ1) is 11.5. The van der Waals surface area contributed by atoms with Crippen molar-refractivity contribution in [3.8, 4) is 5.75 Å². The van der Waals surface area contributed by atoms with E-state index in [0.29, 0.717) is 31.3 Å². The average Bonchev–Trinajstić information content (AvgIpc) is 2.55. The van der Waals surface area contributed by atoms with Gasteiger partial charge in [-0.2, -0.15) is 0 Å². The van der Waals surface area contributed by atoms with Gasteiger partial charge in [-0.3, -0.25) is 4.90 Å². The molecule has 0 aromatic heterocycles. The Balaban J connectivity index is 1.71. The van der Waals surface area contributed by atoms with E-state index < -0.39 is 6.10 Å². The number of hydrogen-bond acceptors (Lipinski definition) is 5. The van der Waals surface area contributed by atoms with Crippen LogP contribution in [0.1, 0.15) is 12.5 Å². The standard InChI is InChI=1S/C17H25ClN2O4/c1-3-23-17(22)20-8-6-19(7-9-20)11-15(21)12-24-16-5-4-14(18)10-13(16)2/h4-5,10,15,21H,3,6-9,11-12H2,1-2H3/t15-/m1/s1. The fraction of sp³-hybridized carbons (Fsp3) is 0.588. The van der Waals surface area contributed by atoms with Crippen LogP contribution in [0, 0.1) is 6.92 Å². The smallest absolute Gasteiger partial charge is 0.409 e. The highest BCUT2D eigenvalue weighted by Gasteiger charge is 2.23. The summed E-state index contributed by atoms with van der Waals surface area (Å²) in [6.07, 6.45) is -0.853. The summed E-state index contributed by atoms with van der Waals surface area (Å²) in [4.78, 5) is 15.5. The molecule has 1 amide bonds. The topological polar surface area (TPSA) is 62.2 Å². The van der Waals surface area contributed by atoms with Crippen molar-refractivity contribution in [2.24, 2.45) is 0 Å². The number of nitrogens with zero attached hydrogens (tertiary/aromatic N) is 2. The molecule has 134 valence electrons. The molecule has 1 aliphatic heterocycles. The molecule has 1 aromatic carbocycles. The summed E-state index contributed by atoms with van der Waals surface area (Å²) in [7, 11) is 0. The van der Waals surface area contributed by atoms with E-state index in [-0.39, 0.29) is 12.7 Å². The van der Waals surface area contributed by atoms with Crippen LogP contribution < -0.4 is 4.74 Å². The highest BCUT2D eigenvalue weighted by molar-refractivity contribution is 6.30. The molecule has 7 heteroatoms. The van der Waals surface area contributed by atoms with E-state index >= 15 is 0 Å². The molecule has 24 heavy (non-hydrogen) atoms. The zero-order valence-corrected chi connectivity index (χ0v) is 15.0. The van der Waals surface area contributed by atoms with E-state index in [9.17, 15) is 9.90 Å².